The van der Waals surface area contributed by atoms with Crippen LogP contribution < -0.4 is 10.2 Å². The topological polar surface area (TPSA) is 49.4 Å². The number of nitrogens with one attached hydrogen (secondary N) is 1. The zero-order valence-electron chi connectivity index (χ0n) is 9.94. The number of hydrogen-bond donors (Lipinski definition) is 1. The van der Waals surface area contributed by atoms with Gasteiger partial charge in [0.05, 0.1) is 22.6 Å². The zero-order valence-corrected chi connectivity index (χ0v) is 11.5. The smallest absolute Gasteiger partial charge is 0.320 e. The Labute approximate surface area is 118 Å². The van der Waals surface area contributed by atoms with Crippen LogP contribution in [0.2, 0.25) is 0 Å². The first-order valence-corrected chi connectivity index (χ1v) is 6.83. The molecular weight excluding hydrogens is 284 g/mol. The number of fused-ring (bicyclic) bond motifs is 2. The normalized spacial score (nSPS) is 13.4. The zero-order chi connectivity index (χ0) is 13.6. The van der Waals surface area contributed by atoms with Gasteiger partial charge in [-0.25, -0.2) is 0 Å². The van der Waals surface area contributed by atoms with E-state index in [4.69, 9.17) is 11.6 Å². The fraction of sp³-hybridized carbons (Fsp3) is 0.0769. The molecule has 0 fully saturated rings. The summed E-state index contributed by atoms with van der Waals surface area (Å²) in [6.45, 7) is 1.84. The van der Waals surface area contributed by atoms with E-state index in [9.17, 15) is 9.59 Å². The van der Waals surface area contributed by atoms with Crippen LogP contribution >= 0.6 is 22.9 Å². The lowest BCUT2D eigenvalue weighted by molar-refractivity contribution is 0.102. The number of halogens is 1. The van der Waals surface area contributed by atoms with Gasteiger partial charge in [0.1, 0.15) is 0 Å². The first-order chi connectivity index (χ1) is 9.09. The van der Waals surface area contributed by atoms with Crippen molar-refractivity contribution in [1.29, 1.82) is 0 Å². The average molecular weight is 293 g/mol. The van der Waals surface area contributed by atoms with E-state index in [0.29, 0.717) is 22.6 Å². The molecule has 1 aliphatic heterocycles. The maximum atomic E-state index is 12.2. The Morgan fingerprint density at radius 3 is 2.79 bits per heavy atom. The fourth-order valence-corrected chi connectivity index (χ4v) is 3.17. The molecule has 0 saturated heterocycles. The van der Waals surface area contributed by atoms with Gasteiger partial charge in [0.15, 0.2) is 0 Å². The van der Waals surface area contributed by atoms with Crippen molar-refractivity contribution in [2.75, 3.05) is 10.2 Å². The summed E-state index contributed by atoms with van der Waals surface area (Å²) in [6, 6.07) is 7.08. The van der Waals surface area contributed by atoms with Crippen LogP contribution in [-0.4, -0.2) is 11.3 Å². The molecule has 1 aliphatic rings. The highest BCUT2D eigenvalue weighted by Crippen LogP contribution is 2.41. The quantitative estimate of drug-likeness (QED) is 0.586. The molecule has 0 bridgehead atoms. The largest absolute Gasteiger partial charge is 0.325 e. The first kappa shape index (κ1) is 12.2. The third kappa shape index (κ3) is 1.82. The summed E-state index contributed by atoms with van der Waals surface area (Å²) in [5.74, 6) is -0.221. The number of amides is 2. The molecule has 19 heavy (non-hydrogen) atoms. The maximum Gasteiger partial charge on any atom is 0.325 e. The number of benzene rings is 1. The van der Waals surface area contributed by atoms with Gasteiger partial charge in [-0.1, -0.05) is 12.1 Å². The van der Waals surface area contributed by atoms with Crippen LogP contribution in [0.5, 0.6) is 0 Å². The minimum Gasteiger partial charge on any atom is -0.320 e. The summed E-state index contributed by atoms with van der Waals surface area (Å²) in [7, 11) is 0. The Balaban J connectivity index is 2.32. The Bertz CT molecular complexity index is 696. The molecule has 96 valence electrons. The third-order valence-electron chi connectivity index (χ3n) is 2.99. The number of thiophene rings is 1. The summed E-state index contributed by atoms with van der Waals surface area (Å²) in [4.78, 5) is 26.2. The maximum absolute atomic E-state index is 12.2. The van der Waals surface area contributed by atoms with E-state index in [2.05, 4.69) is 5.32 Å². The summed E-state index contributed by atoms with van der Waals surface area (Å²) in [5.41, 5.74) is 2.18. The van der Waals surface area contributed by atoms with Crippen LogP contribution in [0.25, 0.3) is 0 Å². The van der Waals surface area contributed by atoms with Crippen LogP contribution in [0.15, 0.2) is 29.6 Å². The highest BCUT2D eigenvalue weighted by Gasteiger charge is 2.30. The Morgan fingerprint density at radius 1 is 1.32 bits per heavy atom. The summed E-state index contributed by atoms with van der Waals surface area (Å²) in [5, 5.41) is 3.94. The molecule has 1 aromatic carbocycles. The molecule has 4 nitrogen and oxygen atoms in total. The SMILES string of the molecule is Cc1scc2c1C(=O)Nc1ccccc1N2C(=O)Cl. The molecule has 0 aliphatic carbocycles. The molecular formula is C13H9ClN2O2S. The number of carbonyl (C=O) groups excluding carboxylic acids is 2. The third-order valence-corrected chi connectivity index (χ3v) is 4.06. The molecule has 2 aromatic rings. The molecule has 0 radical (unpaired) electrons. The van der Waals surface area contributed by atoms with Crippen molar-refractivity contribution in [3.63, 3.8) is 0 Å². The highest BCUT2D eigenvalue weighted by molar-refractivity contribution is 7.11. The van der Waals surface area contributed by atoms with Gasteiger partial charge < -0.3 is 5.32 Å². The van der Waals surface area contributed by atoms with Crippen LogP contribution in [0.1, 0.15) is 15.2 Å². The Hall–Kier alpha value is -1.85. The van der Waals surface area contributed by atoms with Gasteiger partial charge in [0.2, 0.25) is 0 Å². The standard InChI is InChI=1S/C13H9ClN2O2S/c1-7-11-10(6-19-7)16(13(14)18)9-5-3-2-4-8(9)15-12(11)17/h2-6H,1H3,(H,15,17). The number of anilines is 3. The van der Waals surface area contributed by atoms with Crippen molar-refractivity contribution in [2.24, 2.45) is 0 Å². The average Bonchev–Trinajstić information content (AvgIpc) is 2.67. The number of carbonyl (C=O) groups is 2. The van der Waals surface area contributed by atoms with Crippen LogP contribution in [0.4, 0.5) is 21.9 Å². The molecule has 1 aromatic heterocycles. The lowest BCUT2D eigenvalue weighted by atomic mass is 10.2. The minimum absolute atomic E-state index is 0.221. The van der Waals surface area contributed by atoms with Crippen LogP contribution in [0.3, 0.4) is 0 Å². The number of aryl methyl sites for hydroxylation is 1. The molecule has 0 spiro atoms. The molecule has 6 heteroatoms. The van der Waals surface area contributed by atoms with Crippen molar-refractivity contribution >= 4 is 51.3 Å². The summed E-state index contributed by atoms with van der Waals surface area (Å²) >= 11 is 7.11. The monoisotopic (exact) mass is 292 g/mol. The van der Waals surface area contributed by atoms with E-state index in [-0.39, 0.29) is 5.91 Å². The molecule has 2 heterocycles. The molecule has 3 rings (SSSR count). The predicted octanol–water partition coefficient (Wildman–Crippen LogP) is 4.12. The Morgan fingerprint density at radius 2 is 2.05 bits per heavy atom. The number of rotatable bonds is 0. The van der Waals surface area contributed by atoms with Gasteiger partial charge in [0, 0.05) is 10.3 Å². The van der Waals surface area contributed by atoms with Gasteiger partial charge in [-0.3, -0.25) is 14.5 Å². The lowest BCUT2D eigenvalue weighted by Crippen LogP contribution is -2.19. The van der Waals surface area contributed by atoms with Gasteiger partial charge in [-0.15, -0.1) is 11.3 Å². The molecule has 0 saturated carbocycles. The fourth-order valence-electron chi connectivity index (χ4n) is 2.16. The number of para-hydroxylation sites is 2. The van der Waals surface area contributed by atoms with Gasteiger partial charge in [-0.2, -0.15) is 0 Å². The molecule has 0 unspecified atom stereocenters. The van der Waals surface area contributed by atoms with Gasteiger partial charge in [-0.05, 0) is 30.7 Å². The number of hydrogen-bond acceptors (Lipinski definition) is 3. The second kappa shape index (κ2) is 4.36. The second-order valence-electron chi connectivity index (χ2n) is 4.11. The van der Waals surface area contributed by atoms with Crippen molar-refractivity contribution in [3.8, 4) is 0 Å². The number of nitrogens with zero attached hydrogens (tertiary/aromatic N) is 1. The van der Waals surface area contributed by atoms with E-state index < -0.39 is 5.37 Å². The summed E-state index contributed by atoms with van der Waals surface area (Å²) < 4.78 is 0. The highest BCUT2D eigenvalue weighted by atomic mass is 35.5. The molecule has 0 atom stereocenters. The first-order valence-electron chi connectivity index (χ1n) is 5.57. The van der Waals surface area contributed by atoms with Crippen molar-refractivity contribution in [1.82, 2.24) is 0 Å². The second-order valence-corrected chi connectivity index (χ2v) is 5.52. The predicted molar refractivity (Wildman–Crippen MR) is 76.8 cm³/mol. The Kier molecular flexibility index (Phi) is 2.80. The van der Waals surface area contributed by atoms with E-state index >= 15 is 0 Å². The van der Waals surface area contributed by atoms with E-state index in [1.165, 1.54) is 16.2 Å². The van der Waals surface area contributed by atoms with E-state index in [1.807, 2.05) is 6.92 Å². The van der Waals surface area contributed by atoms with Crippen molar-refractivity contribution in [2.45, 2.75) is 6.92 Å². The van der Waals surface area contributed by atoms with Crippen LogP contribution in [-0.2, 0) is 0 Å². The minimum atomic E-state index is -0.636. The van der Waals surface area contributed by atoms with Crippen LogP contribution in [0, 0.1) is 6.92 Å². The van der Waals surface area contributed by atoms with E-state index in [0.717, 1.165) is 4.88 Å². The van der Waals surface area contributed by atoms with Gasteiger partial charge >= 0.3 is 5.37 Å². The van der Waals surface area contributed by atoms with Gasteiger partial charge in [0.25, 0.3) is 5.91 Å². The molecule has 2 amide bonds. The van der Waals surface area contributed by atoms with E-state index in [1.54, 1.807) is 29.6 Å². The molecule has 1 N–H and O–H groups in total. The lowest BCUT2D eigenvalue weighted by Gasteiger charge is -2.19. The van der Waals surface area contributed by atoms with Crippen molar-refractivity contribution < 1.29 is 9.59 Å². The summed E-state index contributed by atoms with van der Waals surface area (Å²) in [6.07, 6.45) is 0. The van der Waals surface area contributed by atoms with Crippen molar-refractivity contribution in [3.05, 3.63) is 40.1 Å².